The summed E-state index contributed by atoms with van der Waals surface area (Å²) in [6, 6.07) is 8.17. The molecule has 0 bridgehead atoms. The van der Waals surface area contributed by atoms with Crippen LogP contribution >= 0.6 is 0 Å². The lowest BCUT2D eigenvalue weighted by Crippen LogP contribution is -2.56. The summed E-state index contributed by atoms with van der Waals surface area (Å²) in [6.07, 6.45) is 6.05. The van der Waals surface area contributed by atoms with Gasteiger partial charge in [-0.05, 0) is 38.8 Å². The molecule has 1 aliphatic heterocycles. The van der Waals surface area contributed by atoms with E-state index in [1.54, 1.807) is 0 Å². The van der Waals surface area contributed by atoms with Gasteiger partial charge in [0, 0.05) is 45.0 Å². The molecular weight excluding hydrogens is 364 g/mol. The number of amides is 2. The quantitative estimate of drug-likeness (QED) is 0.798. The van der Waals surface area contributed by atoms with Crippen molar-refractivity contribution in [2.75, 3.05) is 45.1 Å². The van der Waals surface area contributed by atoms with E-state index in [-0.39, 0.29) is 17.9 Å². The fraction of sp³-hybridized carbons (Fsp3) is 0.652. The number of likely N-dealkylation sites (N-methyl/N-ethyl adjacent to an activating group) is 1. The standard InChI is InChI=1S/C23H36N4O2/c1-18-9-11-20(12-10-18)24-22(28)17-26-13-15-27(16-14-26)19(2)23(29)25(3)21-7-5-4-6-8-21/h9-12,19,21H,4-8,13-17H2,1-3H3,(H,24,28)/t19-/m1/s1. The third-order valence-electron chi connectivity index (χ3n) is 6.48. The van der Waals surface area contributed by atoms with Crippen molar-refractivity contribution in [3.05, 3.63) is 29.8 Å². The zero-order valence-electron chi connectivity index (χ0n) is 18.2. The number of carbonyl (C=O) groups is 2. The second-order valence-electron chi connectivity index (χ2n) is 8.64. The normalized spacial score (nSPS) is 20.2. The van der Waals surface area contributed by atoms with Crippen LogP contribution in [-0.4, -0.2) is 78.4 Å². The van der Waals surface area contributed by atoms with Crippen LogP contribution in [0.5, 0.6) is 0 Å². The van der Waals surface area contributed by atoms with Crippen LogP contribution in [-0.2, 0) is 9.59 Å². The second-order valence-corrected chi connectivity index (χ2v) is 8.64. The smallest absolute Gasteiger partial charge is 0.239 e. The first-order valence-corrected chi connectivity index (χ1v) is 11.0. The van der Waals surface area contributed by atoms with Crippen LogP contribution in [0.3, 0.4) is 0 Å². The predicted molar refractivity (Wildman–Crippen MR) is 117 cm³/mol. The van der Waals surface area contributed by atoms with Crippen LogP contribution in [0.15, 0.2) is 24.3 Å². The summed E-state index contributed by atoms with van der Waals surface area (Å²) in [7, 11) is 1.97. The zero-order chi connectivity index (χ0) is 20.8. The van der Waals surface area contributed by atoms with Crippen molar-refractivity contribution in [3.8, 4) is 0 Å². The Morgan fingerprint density at radius 2 is 1.69 bits per heavy atom. The van der Waals surface area contributed by atoms with Gasteiger partial charge in [0.25, 0.3) is 0 Å². The molecule has 1 saturated heterocycles. The van der Waals surface area contributed by atoms with Gasteiger partial charge < -0.3 is 10.2 Å². The van der Waals surface area contributed by atoms with Gasteiger partial charge in [0.1, 0.15) is 0 Å². The Morgan fingerprint density at radius 3 is 2.31 bits per heavy atom. The number of benzene rings is 1. The molecule has 1 N–H and O–H groups in total. The molecule has 29 heavy (non-hydrogen) atoms. The van der Waals surface area contributed by atoms with Crippen molar-refractivity contribution in [2.45, 2.75) is 58.0 Å². The van der Waals surface area contributed by atoms with Gasteiger partial charge in [0.2, 0.25) is 11.8 Å². The van der Waals surface area contributed by atoms with Crippen molar-refractivity contribution in [1.29, 1.82) is 0 Å². The van der Waals surface area contributed by atoms with E-state index >= 15 is 0 Å². The van der Waals surface area contributed by atoms with Crippen LogP contribution < -0.4 is 5.32 Å². The largest absolute Gasteiger partial charge is 0.341 e. The molecule has 2 fully saturated rings. The topological polar surface area (TPSA) is 55.9 Å². The average molecular weight is 401 g/mol. The van der Waals surface area contributed by atoms with Crippen LogP contribution in [0.1, 0.15) is 44.6 Å². The Hall–Kier alpha value is -1.92. The number of carbonyl (C=O) groups excluding carboxylic acids is 2. The number of rotatable bonds is 6. The number of anilines is 1. The summed E-state index contributed by atoms with van der Waals surface area (Å²) in [5, 5.41) is 2.96. The molecule has 1 atom stereocenters. The van der Waals surface area contributed by atoms with Gasteiger partial charge >= 0.3 is 0 Å². The molecule has 0 unspecified atom stereocenters. The minimum atomic E-state index is -0.0922. The van der Waals surface area contributed by atoms with E-state index in [1.807, 2.05) is 50.1 Å². The molecule has 1 heterocycles. The number of aryl methyl sites for hydroxylation is 1. The molecule has 1 saturated carbocycles. The molecule has 160 valence electrons. The zero-order valence-corrected chi connectivity index (χ0v) is 18.2. The van der Waals surface area contributed by atoms with Gasteiger partial charge in [-0.2, -0.15) is 0 Å². The molecule has 3 rings (SSSR count). The monoisotopic (exact) mass is 400 g/mol. The van der Waals surface area contributed by atoms with E-state index in [0.29, 0.717) is 12.6 Å². The molecule has 6 heteroatoms. The second kappa shape index (κ2) is 10.2. The Morgan fingerprint density at radius 1 is 1.07 bits per heavy atom. The highest BCUT2D eigenvalue weighted by atomic mass is 16.2. The van der Waals surface area contributed by atoms with Gasteiger partial charge in [0.15, 0.2) is 0 Å². The van der Waals surface area contributed by atoms with Gasteiger partial charge in [-0.1, -0.05) is 37.0 Å². The SMILES string of the molecule is Cc1ccc(NC(=O)CN2CCN([C@H](C)C(=O)N(C)C3CCCCC3)CC2)cc1. The molecule has 0 spiro atoms. The highest BCUT2D eigenvalue weighted by molar-refractivity contribution is 5.92. The van der Waals surface area contributed by atoms with E-state index in [1.165, 1.54) is 24.8 Å². The van der Waals surface area contributed by atoms with E-state index in [0.717, 1.165) is 44.7 Å². The van der Waals surface area contributed by atoms with E-state index in [9.17, 15) is 9.59 Å². The average Bonchev–Trinajstić information content (AvgIpc) is 2.75. The van der Waals surface area contributed by atoms with Crippen molar-refractivity contribution < 1.29 is 9.59 Å². The first-order chi connectivity index (χ1) is 13.9. The van der Waals surface area contributed by atoms with Gasteiger partial charge in [-0.25, -0.2) is 0 Å². The number of hydrogen-bond donors (Lipinski definition) is 1. The third-order valence-corrected chi connectivity index (χ3v) is 6.48. The minimum absolute atomic E-state index is 0.0171. The minimum Gasteiger partial charge on any atom is -0.341 e. The molecule has 2 amide bonds. The summed E-state index contributed by atoms with van der Waals surface area (Å²) in [4.78, 5) is 31.7. The molecular formula is C23H36N4O2. The number of piperazine rings is 1. The lowest BCUT2D eigenvalue weighted by molar-refractivity contribution is -0.138. The maximum Gasteiger partial charge on any atom is 0.239 e. The Balaban J connectivity index is 1.42. The van der Waals surface area contributed by atoms with Crippen molar-refractivity contribution in [2.24, 2.45) is 0 Å². The van der Waals surface area contributed by atoms with Crippen molar-refractivity contribution >= 4 is 17.5 Å². The van der Waals surface area contributed by atoms with Gasteiger partial charge in [0.05, 0.1) is 12.6 Å². The fourth-order valence-electron chi connectivity index (χ4n) is 4.45. The lowest BCUT2D eigenvalue weighted by atomic mass is 9.94. The molecule has 1 aliphatic carbocycles. The maximum absolute atomic E-state index is 12.9. The lowest BCUT2D eigenvalue weighted by Gasteiger charge is -2.40. The van der Waals surface area contributed by atoms with Crippen LogP contribution in [0, 0.1) is 6.92 Å². The predicted octanol–water partition coefficient (Wildman–Crippen LogP) is 2.73. The first kappa shape index (κ1) is 21.8. The van der Waals surface area contributed by atoms with Crippen LogP contribution in [0.2, 0.25) is 0 Å². The summed E-state index contributed by atoms with van der Waals surface area (Å²) in [5.41, 5.74) is 2.01. The Bertz CT molecular complexity index is 677. The van der Waals surface area contributed by atoms with Gasteiger partial charge in [-0.3, -0.25) is 19.4 Å². The number of nitrogens with zero attached hydrogens (tertiary/aromatic N) is 3. The number of hydrogen-bond acceptors (Lipinski definition) is 4. The van der Waals surface area contributed by atoms with Gasteiger partial charge in [-0.15, -0.1) is 0 Å². The molecule has 6 nitrogen and oxygen atoms in total. The van der Waals surface area contributed by atoms with Crippen molar-refractivity contribution in [3.63, 3.8) is 0 Å². The van der Waals surface area contributed by atoms with E-state index in [4.69, 9.17) is 0 Å². The molecule has 1 aromatic carbocycles. The maximum atomic E-state index is 12.9. The van der Waals surface area contributed by atoms with Crippen LogP contribution in [0.25, 0.3) is 0 Å². The first-order valence-electron chi connectivity index (χ1n) is 11.0. The Labute approximate surface area is 175 Å². The molecule has 1 aromatic rings. The van der Waals surface area contributed by atoms with Crippen molar-refractivity contribution in [1.82, 2.24) is 14.7 Å². The number of nitrogens with one attached hydrogen (secondary N) is 1. The molecule has 2 aliphatic rings. The summed E-state index contributed by atoms with van der Waals surface area (Å²) < 4.78 is 0. The third kappa shape index (κ3) is 6.03. The Kier molecular flexibility index (Phi) is 7.67. The molecule has 0 aromatic heterocycles. The summed E-state index contributed by atoms with van der Waals surface area (Å²) >= 11 is 0. The highest BCUT2D eigenvalue weighted by Crippen LogP contribution is 2.23. The van der Waals surface area contributed by atoms with Crippen LogP contribution in [0.4, 0.5) is 5.69 Å². The van der Waals surface area contributed by atoms with E-state index in [2.05, 4.69) is 15.1 Å². The molecule has 0 radical (unpaired) electrons. The van der Waals surface area contributed by atoms with E-state index < -0.39 is 0 Å². The fourth-order valence-corrected chi connectivity index (χ4v) is 4.45. The highest BCUT2D eigenvalue weighted by Gasteiger charge is 2.31. The summed E-state index contributed by atoms with van der Waals surface area (Å²) in [5.74, 6) is 0.255. The summed E-state index contributed by atoms with van der Waals surface area (Å²) in [6.45, 7) is 7.72.